The number of carbonyl (C=O) groups excluding carboxylic acids is 4. The summed E-state index contributed by atoms with van der Waals surface area (Å²) in [4.78, 5) is 50.6. The highest BCUT2D eigenvalue weighted by molar-refractivity contribution is 8.26. The number of carbonyl (C=O) groups is 4. The number of thioether (sulfide) groups is 2. The molecule has 3 rings (SSSR count). The van der Waals surface area contributed by atoms with Crippen LogP contribution in [0.25, 0.3) is 6.08 Å². The Morgan fingerprint density at radius 2 is 2.00 bits per heavy atom. The van der Waals surface area contributed by atoms with Gasteiger partial charge in [-0.25, -0.2) is 4.79 Å². The first-order chi connectivity index (χ1) is 14.3. The molecule has 2 heterocycles. The number of nitrogens with zero attached hydrogens (tertiary/aromatic N) is 2. The maximum absolute atomic E-state index is 12.7. The fourth-order valence-electron chi connectivity index (χ4n) is 2.84. The molecule has 30 heavy (non-hydrogen) atoms. The molecule has 158 valence electrons. The highest BCUT2D eigenvalue weighted by atomic mass is 32.2. The van der Waals surface area contributed by atoms with Crippen molar-refractivity contribution < 1.29 is 29.0 Å². The lowest BCUT2D eigenvalue weighted by Gasteiger charge is -2.18. The molecular weight excluding hydrogens is 448 g/mol. The summed E-state index contributed by atoms with van der Waals surface area (Å²) in [7, 11) is 1.30. The van der Waals surface area contributed by atoms with Crippen LogP contribution >= 0.6 is 35.7 Å². The Bertz CT molecular complexity index is 931. The normalized spacial score (nSPS) is 20.2. The lowest BCUT2D eigenvalue weighted by atomic mass is 10.1. The van der Waals surface area contributed by atoms with Gasteiger partial charge in [0.05, 0.1) is 34.7 Å². The van der Waals surface area contributed by atoms with Gasteiger partial charge in [-0.15, -0.1) is 11.8 Å². The van der Waals surface area contributed by atoms with Crippen molar-refractivity contribution in [1.82, 2.24) is 9.80 Å². The van der Waals surface area contributed by atoms with Crippen LogP contribution in [0, 0.1) is 0 Å². The zero-order valence-corrected chi connectivity index (χ0v) is 18.3. The fourth-order valence-corrected chi connectivity index (χ4v) is 5.18. The quantitative estimate of drug-likeness (QED) is 0.341. The summed E-state index contributed by atoms with van der Waals surface area (Å²) in [6, 6.07) is 6.60. The predicted molar refractivity (Wildman–Crippen MR) is 115 cm³/mol. The molecule has 1 atom stereocenters. The second kappa shape index (κ2) is 9.63. The zero-order chi connectivity index (χ0) is 21.8. The van der Waals surface area contributed by atoms with E-state index in [2.05, 4.69) is 4.74 Å². The molecule has 2 saturated heterocycles. The number of hydrogen-bond acceptors (Lipinski definition) is 9. The molecule has 8 nitrogen and oxygen atoms in total. The third-order valence-electron chi connectivity index (χ3n) is 4.49. The Morgan fingerprint density at radius 1 is 1.30 bits per heavy atom. The number of rotatable bonds is 6. The molecule has 0 saturated carbocycles. The summed E-state index contributed by atoms with van der Waals surface area (Å²) in [5, 5.41) is 10.2. The van der Waals surface area contributed by atoms with E-state index in [9.17, 15) is 24.3 Å². The molecule has 0 N–H and O–H groups in total. The van der Waals surface area contributed by atoms with E-state index < -0.39 is 17.2 Å². The van der Waals surface area contributed by atoms with Crippen LogP contribution < -0.4 is 5.11 Å². The molecule has 1 aromatic rings. The van der Waals surface area contributed by atoms with Gasteiger partial charge < -0.3 is 19.5 Å². The number of amides is 2. The minimum absolute atomic E-state index is 0.0495. The number of hydrogen-bond donors (Lipinski definition) is 0. The van der Waals surface area contributed by atoms with Crippen molar-refractivity contribution >= 4 is 69.9 Å². The molecule has 0 aliphatic carbocycles. The lowest BCUT2D eigenvalue weighted by Crippen LogP contribution is -2.39. The first kappa shape index (κ1) is 22.3. The highest BCUT2D eigenvalue weighted by Gasteiger charge is 2.33. The van der Waals surface area contributed by atoms with Gasteiger partial charge >= 0.3 is 5.97 Å². The van der Waals surface area contributed by atoms with Crippen LogP contribution in [0.5, 0.6) is 0 Å². The Balaban J connectivity index is 1.59. The van der Waals surface area contributed by atoms with Crippen molar-refractivity contribution in [3.8, 4) is 0 Å². The number of carboxylic acids is 1. The summed E-state index contributed by atoms with van der Waals surface area (Å²) in [6.45, 7) is 0.227. The fraction of sp³-hybridized carbons (Fsp3) is 0.316. The zero-order valence-electron chi connectivity index (χ0n) is 15.9. The number of carboxylic acid groups (broad SMARTS) is 1. The minimum atomic E-state index is -1.18. The first-order valence-electron chi connectivity index (χ1n) is 8.84. The van der Waals surface area contributed by atoms with Gasteiger partial charge in [0.1, 0.15) is 4.32 Å². The van der Waals surface area contributed by atoms with Crippen LogP contribution in [0.4, 0.5) is 0 Å². The second-order valence-electron chi connectivity index (χ2n) is 6.42. The lowest BCUT2D eigenvalue weighted by molar-refractivity contribution is -0.304. The van der Waals surface area contributed by atoms with Crippen molar-refractivity contribution in [1.29, 1.82) is 0 Å². The van der Waals surface area contributed by atoms with Crippen LogP contribution in [-0.4, -0.2) is 69.2 Å². The van der Waals surface area contributed by atoms with Crippen LogP contribution in [0.15, 0.2) is 29.2 Å². The summed E-state index contributed by atoms with van der Waals surface area (Å²) in [5.74, 6) is -1.87. The second-order valence-corrected chi connectivity index (χ2v) is 9.25. The monoisotopic (exact) mass is 465 g/mol. The summed E-state index contributed by atoms with van der Waals surface area (Å²) < 4.78 is 5.01. The van der Waals surface area contributed by atoms with E-state index in [-0.39, 0.29) is 37.2 Å². The molecule has 0 radical (unpaired) electrons. The van der Waals surface area contributed by atoms with Crippen LogP contribution in [0.3, 0.4) is 0 Å². The number of aliphatic carboxylic acids is 1. The van der Waals surface area contributed by atoms with Crippen molar-refractivity contribution in [2.75, 3.05) is 26.1 Å². The van der Waals surface area contributed by atoms with Crippen LogP contribution in [0.1, 0.15) is 22.3 Å². The molecule has 11 heteroatoms. The average Bonchev–Trinajstić information content (AvgIpc) is 3.32. The van der Waals surface area contributed by atoms with Gasteiger partial charge in [0.2, 0.25) is 5.91 Å². The third kappa shape index (κ3) is 5.02. The molecule has 0 aromatic heterocycles. The van der Waals surface area contributed by atoms with Crippen molar-refractivity contribution in [2.45, 2.75) is 11.7 Å². The van der Waals surface area contributed by atoms with Gasteiger partial charge in [0.25, 0.3) is 5.91 Å². The van der Waals surface area contributed by atoms with Crippen LogP contribution in [-0.2, 0) is 19.1 Å². The Morgan fingerprint density at radius 3 is 2.60 bits per heavy atom. The molecular formula is C19H17N2O6S3-. The third-order valence-corrected chi connectivity index (χ3v) is 7.07. The number of benzene rings is 1. The first-order valence-corrected chi connectivity index (χ1v) is 11.1. The number of ether oxygens (including phenoxy) is 1. The van der Waals surface area contributed by atoms with E-state index in [1.54, 1.807) is 30.3 Å². The van der Waals surface area contributed by atoms with Gasteiger partial charge in [0, 0.05) is 19.5 Å². The summed E-state index contributed by atoms with van der Waals surface area (Å²) in [6.07, 6.45) is 1.72. The van der Waals surface area contributed by atoms with Crippen molar-refractivity contribution in [3.63, 3.8) is 0 Å². The van der Waals surface area contributed by atoms with Crippen molar-refractivity contribution in [3.05, 3.63) is 40.3 Å². The average molecular weight is 466 g/mol. The molecule has 2 fully saturated rings. The maximum Gasteiger partial charge on any atom is 0.337 e. The smallest absolute Gasteiger partial charge is 0.337 e. The SMILES string of the molecule is COC(=O)c1ccc(/C=C2\SC(=S)N(CCC(=O)N3CS[C@@H](C(=O)[O-])C3)C2=O)cc1. The Hall–Kier alpha value is -2.37. The molecule has 0 bridgehead atoms. The van der Waals surface area contributed by atoms with E-state index in [1.807, 2.05) is 0 Å². The number of esters is 1. The maximum atomic E-state index is 12.7. The van der Waals surface area contributed by atoms with Crippen molar-refractivity contribution in [2.24, 2.45) is 0 Å². The van der Waals surface area contributed by atoms with E-state index in [1.165, 1.54) is 16.9 Å². The molecule has 0 unspecified atom stereocenters. The predicted octanol–water partition coefficient (Wildman–Crippen LogP) is 0.716. The topological polar surface area (TPSA) is 107 Å². The summed E-state index contributed by atoms with van der Waals surface area (Å²) >= 11 is 7.56. The summed E-state index contributed by atoms with van der Waals surface area (Å²) in [5.41, 5.74) is 1.13. The largest absolute Gasteiger partial charge is 0.549 e. The Labute approximate surface area is 186 Å². The van der Waals surface area contributed by atoms with Gasteiger partial charge in [0.15, 0.2) is 0 Å². The molecule has 2 aliphatic heterocycles. The van der Waals surface area contributed by atoms with Gasteiger partial charge in [-0.3, -0.25) is 14.5 Å². The van der Waals surface area contributed by atoms with Gasteiger partial charge in [-0.1, -0.05) is 36.1 Å². The van der Waals surface area contributed by atoms with E-state index in [0.29, 0.717) is 14.8 Å². The van der Waals surface area contributed by atoms with Crippen LogP contribution in [0.2, 0.25) is 0 Å². The molecule has 0 spiro atoms. The number of methoxy groups -OCH3 is 1. The van der Waals surface area contributed by atoms with E-state index in [0.717, 1.165) is 29.1 Å². The minimum Gasteiger partial charge on any atom is -0.549 e. The molecule has 1 aromatic carbocycles. The van der Waals surface area contributed by atoms with E-state index >= 15 is 0 Å². The molecule has 2 aliphatic rings. The molecule has 2 amide bonds. The standard InChI is InChI=1S/C19H18N2O6S3/c1-27-18(26)12-4-2-11(3-5-12)8-13-16(23)21(19(28)30-13)7-6-15(22)20-9-14(17(24)25)29-10-20/h2-5,8,14H,6-7,9-10H2,1H3,(H,24,25)/p-1/b13-8-/t14-/m1/s1. The highest BCUT2D eigenvalue weighted by Crippen LogP contribution is 2.33. The number of thiocarbonyl (C=S) groups is 1. The van der Waals surface area contributed by atoms with E-state index in [4.69, 9.17) is 12.2 Å². The van der Waals surface area contributed by atoms with Gasteiger partial charge in [-0.2, -0.15) is 0 Å². The van der Waals surface area contributed by atoms with Gasteiger partial charge in [-0.05, 0) is 23.8 Å². The Kier molecular flexibility index (Phi) is 7.16.